The van der Waals surface area contributed by atoms with Crippen LogP contribution in [0.4, 0.5) is 5.69 Å². The van der Waals surface area contributed by atoms with Gasteiger partial charge in [-0.15, -0.1) is 0 Å². The Morgan fingerprint density at radius 2 is 2.08 bits per heavy atom. The van der Waals surface area contributed by atoms with E-state index in [2.05, 4.69) is 31.0 Å². The molecule has 1 aromatic rings. The average Bonchev–Trinajstić information content (AvgIpc) is 3.00. The minimum atomic E-state index is -0.298. The highest BCUT2D eigenvalue weighted by Gasteiger charge is 2.27. The van der Waals surface area contributed by atoms with Gasteiger partial charge in [0.2, 0.25) is 5.91 Å². The lowest BCUT2D eigenvalue weighted by Crippen LogP contribution is -2.53. The molecule has 1 N–H and O–H groups in total. The maximum atomic E-state index is 12.8. The summed E-state index contributed by atoms with van der Waals surface area (Å²) in [5.41, 5.74) is 1.14. The van der Waals surface area contributed by atoms with Crippen molar-refractivity contribution in [3.05, 3.63) is 29.8 Å². The predicted molar refractivity (Wildman–Crippen MR) is 104 cm³/mol. The van der Waals surface area contributed by atoms with Crippen LogP contribution < -0.4 is 10.2 Å². The van der Waals surface area contributed by atoms with Gasteiger partial charge in [-0.2, -0.15) is 0 Å². The number of hydrogen-bond donors (Lipinski definition) is 1. The first-order valence-corrected chi connectivity index (χ1v) is 9.79. The zero-order chi connectivity index (χ0) is 18.7. The second kappa shape index (κ2) is 7.78. The highest BCUT2D eigenvalue weighted by molar-refractivity contribution is 5.99. The van der Waals surface area contributed by atoms with E-state index >= 15 is 0 Å². The average molecular weight is 357 g/mol. The molecule has 2 fully saturated rings. The van der Waals surface area contributed by atoms with E-state index in [1.165, 1.54) is 12.8 Å². The summed E-state index contributed by atoms with van der Waals surface area (Å²) in [5, 5.41) is 3.18. The van der Waals surface area contributed by atoms with E-state index in [1.807, 2.05) is 24.3 Å². The Morgan fingerprint density at radius 1 is 1.27 bits per heavy atom. The first-order chi connectivity index (χ1) is 12.3. The van der Waals surface area contributed by atoms with E-state index in [9.17, 15) is 9.59 Å². The normalized spacial score (nSPS) is 21.9. The van der Waals surface area contributed by atoms with Gasteiger partial charge in [0.25, 0.3) is 5.91 Å². The highest BCUT2D eigenvalue weighted by Crippen LogP contribution is 2.23. The van der Waals surface area contributed by atoms with Crippen LogP contribution in [0.25, 0.3) is 0 Å². The third-order valence-electron chi connectivity index (χ3n) is 5.31. The van der Waals surface area contributed by atoms with Gasteiger partial charge in [-0.25, -0.2) is 0 Å². The van der Waals surface area contributed by atoms with Gasteiger partial charge >= 0.3 is 0 Å². The first kappa shape index (κ1) is 18.9. The van der Waals surface area contributed by atoms with Gasteiger partial charge in [0.15, 0.2) is 0 Å². The predicted octanol–water partition coefficient (Wildman–Crippen LogP) is 3.05. The smallest absolute Gasteiger partial charge is 0.251 e. The van der Waals surface area contributed by atoms with Crippen molar-refractivity contribution < 1.29 is 9.59 Å². The van der Waals surface area contributed by atoms with Crippen molar-refractivity contribution in [2.45, 2.75) is 52.0 Å². The molecule has 26 heavy (non-hydrogen) atoms. The molecule has 1 aromatic carbocycles. The van der Waals surface area contributed by atoms with Crippen LogP contribution in [0.2, 0.25) is 0 Å². The second-order valence-corrected chi connectivity index (χ2v) is 8.52. The third-order valence-corrected chi connectivity index (χ3v) is 5.31. The zero-order valence-corrected chi connectivity index (χ0v) is 16.3. The number of rotatable bonds is 5. The van der Waals surface area contributed by atoms with Gasteiger partial charge in [-0.1, -0.05) is 13.0 Å². The van der Waals surface area contributed by atoms with E-state index in [4.69, 9.17) is 0 Å². The Labute approximate surface area is 156 Å². The maximum absolute atomic E-state index is 12.8. The van der Waals surface area contributed by atoms with E-state index in [-0.39, 0.29) is 17.4 Å². The summed E-state index contributed by atoms with van der Waals surface area (Å²) in [5.74, 6) is 0.792. The lowest BCUT2D eigenvalue weighted by Gasteiger charge is -2.37. The van der Waals surface area contributed by atoms with Crippen molar-refractivity contribution in [3.63, 3.8) is 0 Å². The topological polar surface area (TPSA) is 52.7 Å². The van der Waals surface area contributed by atoms with Gasteiger partial charge in [0, 0.05) is 42.8 Å². The molecule has 1 atom stereocenters. The molecular weight excluding hydrogens is 326 g/mol. The molecule has 0 bridgehead atoms. The monoisotopic (exact) mass is 357 g/mol. The van der Waals surface area contributed by atoms with Crippen molar-refractivity contribution in [3.8, 4) is 0 Å². The van der Waals surface area contributed by atoms with Crippen LogP contribution in [-0.4, -0.2) is 48.4 Å². The number of benzene rings is 1. The zero-order valence-electron chi connectivity index (χ0n) is 16.3. The molecule has 2 heterocycles. The van der Waals surface area contributed by atoms with Crippen molar-refractivity contribution in [2.75, 3.05) is 31.1 Å². The Bertz CT molecular complexity index is 671. The number of piperidine rings is 1. The quantitative estimate of drug-likeness (QED) is 0.881. The van der Waals surface area contributed by atoms with Crippen LogP contribution in [0, 0.1) is 5.92 Å². The number of amides is 2. The van der Waals surface area contributed by atoms with Crippen LogP contribution in [-0.2, 0) is 4.79 Å². The summed E-state index contributed by atoms with van der Waals surface area (Å²) in [6.45, 7) is 10.3. The Balaban J connectivity index is 1.64. The molecule has 0 saturated carbocycles. The van der Waals surface area contributed by atoms with Gasteiger partial charge in [-0.05, 0) is 63.8 Å². The molecule has 0 aliphatic carbocycles. The van der Waals surface area contributed by atoms with Gasteiger partial charge in [0.1, 0.15) is 0 Å². The van der Waals surface area contributed by atoms with Crippen molar-refractivity contribution >= 4 is 17.5 Å². The molecule has 0 unspecified atom stereocenters. The number of likely N-dealkylation sites (tertiary alicyclic amines) is 1. The van der Waals surface area contributed by atoms with E-state index in [1.54, 1.807) is 4.90 Å². The van der Waals surface area contributed by atoms with Crippen LogP contribution in [0.3, 0.4) is 0 Å². The number of hydrogen-bond acceptors (Lipinski definition) is 3. The minimum absolute atomic E-state index is 0.0754. The van der Waals surface area contributed by atoms with Crippen LogP contribution in [0.5, 0.6) is 0 Å². The molecule has 2 aliphatic rings. The Morgan fingerprint density at radius 3 is 2.77 bits per heavy atom. The molecule has 2 amide bonds. The summed E-state index contributed by atoms with van der Waals surface area (Å²) < 4.78 is 0. The van der Waals surface area contributed by atoms with E-state index in [0.717, 1.165) is 44.2 Å². The fourth-order valence-corrected chi connectivity index (χ4v) is 4.14. The van der Waals surface area contributed by atoms with Crippen LogP contribution in [0.1, 0.15) is 56.8 Å². The summed E-state index contributed by atoms with van der Waals surface area (Å²) >= 11 is 0. The Hall–Kier alpha value is -1.88. The largest absolute Gasteiger partial charge is 0.346 e. The molecule has 142 valence electrons. The number of carbonyl (C=O) groups is 2. The molecule has 0 aromatic heterocycles. The summed E-state index contributed by atoms with van der Waals surface area (Å²) in [7, 11) is 0. The molecule has 5 heteroatoms. The lowest BCUT2D eigenvalue weighted by atomic mass is 9.97. The maximum Gasteiger partial charge on any atom is 0.251 e. The summed E-state index contributed by atoms with van der Waals surface area (Å²) in [4.78, 5) is 29.0. The van der Waals surface area contributed by atoms with Crippen LogP contribution in [0.15, 0.2) is 24.3 Å². The second-order valence-electron chi connectivity index (χ2n) is 8.52. The first-order valence-electron chi connectivity index (χ1n) is 9.79. The third kappa shape index (κ3) is 4.64. The SMILES string of the molecule is C[C@H]1CCCN(CC(C)(C)NC(=O)c2cccc(N3CCCC3=O)c2)C1. The van der Waals surface area contributed by atoms with E-state index < -0.39 is 0 Å². The number of nitrogens with zero attached hydrogens (tertiary/aromatic N) is 2. The molecular formula is C21H31N3O2. The standard InChI is InChI=1S/C21H31N3O2/c1-16-7-5-11-23(14-16)15-21(2,3)22-20(26)17-8-4-9-18(13-17)24-12-6-10-19(24)25/h4,8-9,13,16H,5-7,10-12,14-15H2,1-3H3,(H,22,26)/t16-/m0/s1. The van der Waals surface area contributed by atoms with E-state index in [0.29, 0.717) is 12.0 Å². The minimum Gasteiger partial charge on any atom is -0.346 e. The summed E-state index contributed by atoms with van der Waals surface area (Å²) in [6, 6.07) is 7.41. The fraction of sp³-hybridized carbons (Fsp3) is 0.619. The molecule has 0 radical (unpaired) electrons. The Kier molecular flexibility index (Phi) is 5.66. The highest BCUT2D eigenvalue weighted by atomic mass is 16.2. The number of anilines is 1. The van der Waals surface area contributed by atoms with Gasteiger partial charge in [0.05, 0.1) is 0 Å². The summed E-state index contributed by atoms with van der Waals surface area (Å²) in [6.07, 6.45) is 4.01. The number of nitrogens with one attached hydrogen (secondary N) is 1. The van der Waals surface area contributed by atoms with Gasteiger partial charge in [-0.3, -0.25) is 9.59 Å². The molecule has 2 saturated heterocycles. The van der Waals surface area contributed by atoms with Crippen molar-refractivity contribution in [1.29, 1.82) is 0 Å². The molecule has 0 spiro atoms. The van der Waals surface area contributed by atoms with Crippen molar-refractivity contribution in [1.82, 2.24) is 10.2 Å². The number of carbonyl (C=O) groups excluding carboxylic acids is 2. The van der Waals surface area contributed by atoms with Crippen molar-refractivity contribution in [2.24, 2.45) is 5.92 Å². The molecule has 3 rings (SSSR count). The van der Waals surface area contributed by atoms with Gasteiger partial charge < -0.3 is 15.1 Å². The lowest BCUT2D eigenvalue weighted by molar-refractivity contribution is -0.117. The molecule has 5 nitrogen and oxygen atoms in total. The fourth-order valence-electron chi connectivity index (χ4n) is 4.14. The van der Waals surface area contributed by atoms with Crippen LogP contribution >= 0.6 is 0 Å². The molecule has 2 aliphatic heterocycles.